The van der Waals surface area contributed by atoms with Crippen molar-refractivity contribution in [3.05, 3.63) is 0 Å². The Morgan fingerprint density at radius 1 is 1.24 bits per heavy atom. The smallest absolute Gasteiger partial charge is 0.0204 e. The molecular weight excluding hydrogens is 226 g/mol. The second kappa shape index (κ2) is 5.52. The summed E-state index contributed by atoms with van der Waals surface area (Å²) in [6.07, 6.45) is 6.94. The minimum Gasteiger partial charge on any atom is -0.310 e. The standard InChI is InChI=1S/C15H29NS/c1-5-15(3,4)12-6-7-13-14(10-12)17-9-8-11(2)16-13/h11-14,16H,5-10H2,1-4H3. The van der Waals surface area contributed by atoms with Gasteiger partial charge in [-0.05, 0) is 49.7 Å². The zero-order valence-electron chi connectivity index (χ0n) is 12.0. The zero-order chi connectivity index (χ0) is 12.5. The van der Waals surface area contributed by atoms with E-state index in [0.717, 1.165) is 23.3 Å². The van der Waals surface area contributed by atoms with Crippen molar-refractivity contribution in [3.8, 4) is 0 Å². The summed E-state index contributed by atoms with van der Waals surface area (Å²) in [5.74, 6) is 2.30. The van der Waals surface area contributed by atoms with Crippen molar-refractivity contribution in [3.63, 3.8) is 0 Å². The van der Waals surface area contributed by atoms with E-state index in [9.17, 15) is 0 Å². The molecule has 17 heavy (non-hydrogen) atoms. The number of nitrogens with one attached hydrogen (secondary N) is 1. The second-order valence-electron chi connectivity index (χ2n) is 6.72. The van der Waals surface area contributed by atoms with E-state index in [1.165, 1.54) is 37.9 Å². The molecule has 1 aliphatic carbocycles. The van der Waals surface area contributed by atoms with Crippen molar-refractivity contribution in [2.24, 2.45) is 11.3 Å². The molecule has 0 aromatic carbocycles. The van der Waals surface area contributed by atoms with Gasteiger partial charge in [0.25, 0.3) is 0 Å². The summed E-state index contributed by atoms with van der Waals surface area (Å²) < 4.78 is 0. The van der Waals surface area contributed by atoms with Crippen molar-refractivity contribution >= 4 is 11.8 Å². The number of hydrogen-bond acceptors (Lipinski definition) is 2. The highest BCUT2D eigenvalue weighted by molar-refractivity contribution is 7.99. The Hall–Kier alpha value is 0.310. The fourth-order valence-corrected chi connectivity index (χ4v) is 4.96. The predicted molar refractivity (Wildman–Crippen MR) is 78.7 cm³/mol. The van der Waals surface area contributed by atoms with Crippen LogP contribution in [0.3, 0.4) is 0 Å². The van der Waals surface area contributed by atoms with Gasteiger partial charge < -0.3 is 5.32 Å². The fourth-order valence-electron chi connectivity index (χ4n) is 3.35. The topological polar surface area (TPSA) is 12.0 Å². The molecule has 0 amide bonds. The SMILES string of the molecule is CCC(C)(C)C1CCC2NC(C)CCSC2C1. The number of rotatable bonds is 2. The van der Waals surface area contributed by atoms with E-state index in [2.05, 4.69) is 44.8 Å². The molecule has 0 spiro atoms. The molecule has 0 aromatic rings. The number of hydrogen-bond donors (Lipinski definition) is 1. The second-order valence-corrected chi connectivity index (χ2v) is 8.07. The average Bonchev–Trinajstić information content (AvgIpc) is 2.48. The Kier molecular flexibility index (Phi) is 4.46. The summed E-state index contributed by atoms with van der Waals surface area (Å²) in [6, 6.07) is 1.52. The van der Waals surface area contributed by atoms with Crippen molar-refractivity contribution in [2.45, 2.75) is 77.1 Å². The molecule has 0 aromatic heterocycles. The summed E-state index contributed by atoms with van der Waals surface area (Å²) in [7, 11) is 0. The van der Waals surface area contributed by atoms with Gasteiger partial charge in [-0.25, -0.2) is 0 Å². The number of fused-ring (bicyclic) bond motifs is 1. The summed E-state index contributed by atoms with van der Waals surface area (Å²) in [6.45, 7) is 9.64. The van der Waals surface area contributed by atoms with E-state index >= 15 is 0 Å². The van der Waals surface area contributed by atoms with Gasteiger partial charge in [0.05, 0.1) is 0 Å². The Morgan fingerprint density at radius 2 is 2.00 bits per heavy atom. The van der Waals surface area contributed by atoms with Gasteiger partial charge in [0.15, 0.2) is 0 Å². The molecule has 2 heteroatoms. The summed E-state index contributed by atoms with van der Waals surface area (Å²) in [4.78, 5) is 0. The van der Waals surface area contributed by atoms with Crippen molar-refractivity contribution < 1.29 is 0 Å². The molecule has 2 aliphatic rings. The molecule has 4 atom stereocenters. The molecule has 1 saturated heterocycles. The lowest BCUT2D eigenvalue weighted by Gasteiger charge is -2.42. The van der Waals surface area contributed by atoms with Gasteiger partial charge >= 0.3 is 0 Å². The van der Waals surface area contributed by atoms with Gasteiger partial charge in [0.2, 0.25) is 0 Å². The maximum atomic E-state index is 3.85. The van der Waals surface area contributed by atoms with E-state index in [-0.39, 0.29) is 0 Å². The first-order valence-corrected chi connectivity index (χ1v) is 8.45. The van der Waals surface area contributed by atoms with Crippen molar-refractivity contribution in [1.82, 2.24) is 5.32 Å². The van der Waals surface area contributed by atoms with Gasteiger partial charge in [0.1, 0.15) is 0 Å². The van der Waals surface area contributed by atoms with Crippen LogP contribution >= 0.6 is 11.8 Å². The highest BCUT2D eigenvalue weighted by atomic mass is 32.2. The van der Waals surface area contributed by atoms with E-state index in [4.69, 9.17) is 0 Å². The normalized spacial score (nSPS) is 39.5. The van der Waals surface area contributed by atoms with Crippen LogP contribution in [0.25, 0.3) is 0 Å². The molecule has 4 unspecified atom stereocenters. The zero-order valence-corrected chi connectivity index (χ0v) is 12.8. The lowest BCUT2D eigenvalue weighted by Crippen LogP contribution is -2.46. The van der Waals surface area contributed by atoms with E-state index in [1.807, 2.05) is 0 Å². The Bertz CT molecular complexity index is 251. The molecule has 2 rings (SSSR count). The van der Waals surface area contributed by atoms with Crippen molar-refractivity contribution in [2.75, 3.05) is 5.75 Å². The molecular formula is C15H29NS. The quantitative estimate of drug-likeness (QED) is 0.798. The van der Waals surface area contributed by atoms with Crippen LogP contribution in [0.15, 0.2) is 0 Å². The van der Waals surface area contributed by atoms with Crippen LogP contribution in [0.5, 0.6) is 0 Å². The molecule has 0 bridgehead atoms. The molecule has 1 nitrogen and oxygen atoms in total. The number of thioether (sulfide) groups is 1. The molecule has 1 saturated carbocycles. The fraction of sp³-hybridized carbons (Fsp3) is 1.00. The third-order valence-corrected chi connectivity index (χ3v) is 6.61. The summed E-state index contributed by atoms with van der Waals surface area (Å²) in [5.41, 5.74) is 0.545. The van der Waals surface area contributed by atoms with E-state index in [0.29, 0.717) is 5.41 Å². The monoisotopic (exact) mass is 255 g/mol. The van der Waals surface area contributed by atoms with Crippen LogP contribution in [0.1, 0.15) is 59.8 Å². The molecule has 2 fully saturated rings. The maximum absolute atomic E-state index is 3.85. The predicted octanol–water partition coefficient (Wildman–Crippen LogP) is 4.07. The van der Waals surface area contributed by atoms with Crippen LogP contribution < -0.4 is 5.32 Å². The highest BCUT2D eigenvalue weighted by Gasteiger charge is 2.38. The lowest BCUT2D eigenvalue weighted by molar-refractivity contribution is 0.139. The highest BCUT2D eigenvalue weighted by Crippen LogP contribution is 2.44. The molecule has 1 aliphatic heterocycles. The third-order valence-electron chi connectivity index (χ3n) is 5.19. The van der Waals surface area contributed by atoms with Crippen LogP contribution in [0.2, 0.25) is 0 Å². The summed E-state index contributed by atoms with van der Waals surface area (Å²) >= 11 is 2.24. The van der Waals surface area contributed by atoms with Gasteiger partial charge in [0, 0.05) is 17.3 Å². The van der Waals surface area contributed by atoms with Gasteiger partial charge in [-0.1, -0.05) is 27.2 Å². The van der Waals surface area contributed by atoms with Gasteiger partial charge in [-0.15, -0.1) is 0 Å². The third kappa shape index (κ3) is 3.20. The Labute approximate surface area is 112 Å². The minimum atomic E-state index is 0.545. The molecule has 100 valence electrons. The molecule has 1 heterocycles. The van der Waals surface area contributed by atoms with Crippen LogP contribution in [-0.4, -0.2) is 23.1 Å². The van der Waals surface area contributed by atoms with Crippen molar-refractivity contribution in [1.29, 1.82) is 0 Å². The van der Waals surface area contributed by atoms with Crippen LogP contribution in [0, 0.1) is 11.3 Å². The average molecular weight is 255 g/mol. The van der Waals surface area contributed by atoms with E-state index < -0.39 is 0 Å². The maximum Gasteiger partial charge on any atom is 0.0204 e. The minimum absolute atomic E-state index is 0.545. The molecule has 1 N–H and O–H groups in total. The first-order chi connectivity index (χ1) is 8.03. The van der Waals surface area contributed by atoms with Crippen LogP contribution in [-0.2, 0) is 0 Å². The first kappa shape index (κ1) is 13.7. The van der Waals surface area contributed by atoms with Crippen LogP contribution in [0.4, 0.5) is 0 Å². The lowest BCUT2D eigenvalue weighted by atomic mass is 9.68. The Morgan fingerprint density at radius 3 is 2.71 bits per heavy atom. The largest absolute Gasteiger partial charge is 0.310 e. The van der Waals surface area contributed by atoms with Gasteiger partial charge in [-0.3, -0.25) is 0 Å². The van der Waals surface area contributed by atoms with Gasteiger partial charge in [-0.2, -0.15) is 11.8 Å². The first-order valence-electron chi connectivity index (χ1n) is 7.40. The van der Waals surface area contributed by atoms with E-state index in [1.54, 1.807) is 0 Å². The summed E-state index contributed by atoms with van der Waals surface area (Å²) in [5, 5.41) is 4.73. The Balaban J connectivity index is 1.99. The molecule has 0 radical (unpaired) electrons.